The van der Waals surface area contributed by atoms with Gasteiger partial charge in [0.05, 0.1) is 25.1 Å². The molecule has 8 nitrogen and oxygen atoms in total. The lowest BCUT2D eigenvalue weighted by atomic mass is 10.1. The summed E-state index contributed by atoms with van der Waals surface area (Å²) in [5.41, 5.74) is 2.65. The van der Waals surface area contributed by atoms with E-state index in [-0.39, 0.29) is 17.8 Å². The Labute approximate surface area is 177 Å². The SMILES string of the molecule is CCOC(=O)C1CCc2sc(NC(=O)c3cc(-c4cccc(OC)c4)nn3C)nc21. The zero-order valence-electron chi connectivity index (χ0n) is 17.0. The van der Waals surface area contributed by atoms with Crippen LogP contribution >= 0.6 is 11.3 Å². The van der Waals surface area contributed by atoms with Gasteiger partial charge in [-0.05, 0) is 38.0 Å². The molecule has 0 radical (unpaired) electrons. The molecule has 4 rings (SSSR count). The third-order valence-corrected chi connectivity index (χ3v) is 6.03. The second-order valence-electron chi connectivity index (χ2n) is 6.90. The van der Waals surface area contributed by atoms with Gasteiger partial charge in [0.2, 0.25) is 0 Å². The predicted molar refractivity (Wildman–Crippen MR) is 113 cm³/mol. The van der Waals surface area contributed by atoms with Crippen molar-refractivity contribution in [3.8, 4) is 17.0 Å². The molecular formula is C21H22N4O4S. The summed E-state index contributed by atoms with van der Waals surface area (Å²) >= 11 is 1.40. The molecule has 30 heavy (non-hydrogen) atoms. The first-order chi connectivity index (χ1) is 14.5. The molecule has 156 valence electrons. The van der Waals surface area contributed by atoms with E-state index >= 15 is 0 Å². The Balaban J connectivity index is 1.52. The summed E-state index contributed by atoms with van der Waals surface area (Å²) in [6, 6.07) is 9.23. The molecular weight excluding hydrogens is 404 g/mol. The Morgan fingerprint density at radius 3 is 2.93 bits per heavy atom. The van der Waals surface area contributed by atoms with Crippen molar-refractivity contribution in [2.24, 2.45) is 7.05 Å². The summed E-state index contributed by atoms with van der Waals surface area (Å²) < 4.78 is 11.9. The van der Waals surface area contributed by atoms with Crippen LogP contribution in [0, 0.1) is 0 Å². The van der Waals surface area contributed by atoms with Gasteiger partial charge in [-0.2, -0.15) is 5.10 Å². The number of hydrogen-bond acceptors (Lipinski definition) is 7. The zero-order chi connectivity index (χ0) is 21.3. The van der Waals surface area contributed by atoms with Gasteiger partial charge in [0, 0.05) is 17.5 Å². The van der Waals surface area contributed by atoms with Crippen LogP contribution in [0.25, 0.3) is 11.3 Å². The van der Waals surface area contributed by atoms with Crippen molar-refractivity contribution in [1.82, 2.24) is 14.8 Å². The van der Waals surface area contributed by atoms with E-state index in [1.165, 1.54) is 16.0 Å². The molecule has 1 aromatic carbocycles. The number of carbonyl (C=O) groups is 2. The van der Waals surface area contributed by atoms with Crippen LogP contribution in [0.4, 0.5) is 5.13 Å². The number of fused-ring (bicyclic) bond motifs is 1. The molecule has 1 atom stereocenters. The maximum atomic E-state index is 12.8. The molecule has 0 spiro atoms. The predicted octanol–water partition coefficient (Wildman–Crippen LogP) is 3.40. The smallest absolute Gasteiger partial charge is 0.315 e. The Hall–Kier alpha value is -3.20. The molecule has 2 aromatic heterocycles. The van der Waals surface area contributed by atoms with Crippen molar-refractivity contribution in [1.29, 1.82) is 0 Å². The maximum absolute atomic E-state index is 12.8. The molecule has 1 N–H and O–H groups in total. The van der Waals surface area contributed by atoms with Crippen LogP contribution in [0.15, 0.2) is 30.3 Å². The average Bonchev–Trinajstić information content (AvgIpc) is 3.42. The standard InChI is InChI=1S/C21H22N4O4S/c1-4-29-20(27)14-8-9-17-18(14)22-21(30-17)23-19(26)16-11-15(24-25(16)2)12-6-5-7-13(10-12)28-3/h5-7,10-11,14H,4,8-9H2,1-3H3,(H,22,23,26). The van der Waals surface area contributed by atoms with Crippen LogP contribution < -0.4 is 10.1 Å². The second kappa shape index (κ2) is 8.27. The Morgan fingerprint density at radius 1 is 1.33 bits per heavy atom. The molecule has 9 heteroatoms. The summed E-state index contributed by atoms with van der Waals surface area (Å²) in [5.74, 6) is -0.191. The lowest BCUT2D eigenvalue weighted by Gasteiger charge is -2.08. The minimum atomic E-state index is -0.349. The molecule has 2 heterocycles. The third kappa shape index (κ3) is 3.80. The van der Waals surface area contributed by atoms with Crippen LogP contribution in [-0.2, 0) is 23.0 Å². The Morgan fingerprint density at radius 2 is 2.17 bits per heavy atom. The number of aromatic nitrogens is 3. The van der Waals surface area contributed by atoms with Crippen molar-refractivity contribution < 1.29 is 19.1 Å². The van der Waals surface area contributed by atoms with Gasteiger partial charge in [0.15, 0.2) is 5.13 Å². The number of hydrogen-bond donors (Lipinski definition) is 1. The number of amides is 1. The molecule has 0 saturated carbocycles. The van der Waals surface area contributed by atoms with E-state index in [9.17, 15) is 9.59 Å². The normalized spacial score (nSPS) is 15.0. The summed E-state index contributed by atoms with van der Waals surface area (Å²) in [4.78, 5) is 30.5. The number of anilines is 1. The van der Waals surface area contributed by atoms with Gasteiger partial charge >= 0.3 is 5.97 Å². The highest BCUT2D eigenvalue weighted by molar-refractivity contribution is 7.16. The Bertz CT molecular complexity index is 1100. The van der Waals surface area contributed by atoms with E-state index in [4.69, 9.17) is 9.47 Å². The maximum Gasteiger partial charge on any atom is 0.315 e. The van der Waals surface area contributed by atoms with Crippen molar-refractivity contribution in [2.45, 2.75) is 25.7 Å². The van der Waals surface area contributed by atoms with Gasteiger partial charge in [0.1, 0.15) is 17.4 Å². The number of thiazole rings is 1. The fourth-order valence-corrected chi connectivity index (χ4v) is 4.55. The van der Waals surface area contributed by atoms with E-state index in [1.807, 2.05) is 24.3 Å². The molecule has 0 bridgehead atoms. The first-order valence-electron chi connectivity index (χ1n) is 9.66. The monoisotopic (exact) mass is 426 g/mol. The molecule has 1 amide bonds. The number of methoxy groups -OCH3 is 1. The fourth-order valence-electron chi connectivity index (χ4n) is 3.52. The van der Waals surface area contributed by atoms with E-state index < -0.39 is 0 Å². The fraction of sp³-hybridized carbons (Fsp3) is 0.333. The van der Waals surface area contributed by atoms with Crippen molar-refractivity contribution in [3.63, 3.8) is 0 Å². The number of nitrogens with one attached hydrogen (secondary N) is 1. The summed E-state index contributed by atoms with van der Waals surface area (Å²) in [6.07, 6.45) is 1.46. The highest BCUT2D eigenvalue weighted by atomic mass is 32.1. The highest BCUT2D eigenvalue weighted by Crippen LogP contribution is 2.39. The summed E-state index contributed by atoms with van der Waals surface area (Å²) in [7, 11) is 3.32. The van der Waals surface area contributed by atoms with E-state index in [2.05, 4.69) is 15.4 Å². The minimum Gasteiger partial charge on any atom is -0.497 e. The lowest BCUT2D eigenvalue weighted by Crippen LogP contribution is -2.17. The van der Waals surface area contributed by atoms with E-state index in [1.54, 1.807) is 27.1 Å². The van der Waals surface area contributed by atoms with Gasteiger partial charge in [0.25, 0.3) is 5.91 Å². The number of esters is 1. The molecule has 0 fully saturated rings. The molecule has 1 unspecified atom stereocenters. The van der Waals surface area contributed by atoms with Gasteiger partial charge in [-0.1, -0.05) is 12.1 Å². The van der Waals surface area contributed by atoms with Crippen LogP contribution in [0.1, 0.15) is 40.3 Å². The minimum absolute atomic E-state index is 0.256. The number of nitrogens with zero attached hydrogens (tertiary/aromatic N) is 3. The van der Waals surface area contributed by atoms with Gasteiger partial charge < -0.3 is 9.47 Å². The first-order valence-corrected chi connectivity index (χ1v) is 10.5. The van der Waals surface area contributed by atoms with Gasteiger partial charge in [-0.3, -0.25) is 19.6 Å². The van der Waals surface area contributed by atoms with Crippen LogP contribution in [0.5, 0.6) is 5.75 Å². The summed E-state index contributed by atoms with van der Waals surface area (Å²) in [6.45, 7) is 2.13. The number of rotatable bonds is 6. The second-order valence-corrected chi connectivity index (χ2v) is 7.98. The molecule has 1 aliphatic rings. The molecule has 1 aliphatic carbocycles. The number of benzene rings is 1. The average molecular weight is 426 g/mol. The Kier molecular flexibility index (Phi) is 5.54. The van der Waals surface area contributed by atoms with Gasteiger partial charge in [-0.25, -0.2) is 4.98 Å². The largest absolute Gasteiger partial charge is 0.497 e. The molecule has 0 aliphatic heterocycles. The highest BCUT2D eigenvalue weighted by Gasteiger charge is 2.34. The van der Waals surface area contributed by atoms with Crippen molar-refractivity contribution in [2.75, 3.05) is 19.0 Å². The first kappa shape index (κ1) is 20.1. The van der Waals surface area contributed by atoms with Crippen molar-refractivity contribution in [3.05, 3.63) is 46.6 Å². The van der Waals surface area contributed by atoms with E-state index in [0.29, 0.717) is 29.5 Å². The van der Waals surface area contributed by atoms with Crippen LogP contribution in [0.3, 0.4) is 0 Å². The van der Waals surface area contributed by atoms with Crippen molar-refractivity contribution >= 4 is 28.3 Å². The molecule has 3 aromatic rings. The number of ether oxygens (including phenoxy) is 2. The number of aryl methyl sites for hydroxylation is 2. The zero-order valence-corrected chi connectivity index (χ0v) is 17.8. The van der Waals surface area contributed by atoms with E-state index in [0.717, 1.165) is 28.3 Å². The topological polar surface area (TPSA) is 95.3 Å². The quantitative estimate of drug-likeness (QED) is 0.607. The van der Waals surface area contributed by atoms with Crippen LogP contribution in [0.2, 0.25) is 0 Å². The van der Waals surface area contributed by atoms with Crippen LogP contribution in [-0.4, -0.2) is 40.4 Å². The molecule has 0 saturated heterocycles. The summed E-state index contributed by atoms with van der Waals surface area (Å²) in [5, 5.41) is 7.76. The number of carbonyl (C=O) groups excluding carboxylic acids is 2. The van der Waals surface area contributed by atoms with Gasteiger partial charge in [-0.15, -0.1) is 11.3 Å². The third-order valence-electron chi connectivity index (χ3n) is 4.99. The lowest BCUT2D eigenvalue weighted by molar-refractivity contribution is -0.145.